The van der Waals surface area contributed by atoms with Crippen LogP contribution in [0.1, 0.15) is 19.8 Å². The van der Waals surface area contributed by atoms with E-state index in [1.165, 1.54) is 6.21 Å². The van der Waals surface area contributed by atoms with Gasteiger partial charge in [0.15, 0.2) is 0 Å². The Morgan fingerprint density at radius 3 is 2.85 bits per heavy atom. The standard InChI is InChI=1S/C9H17N3O/c1-8(13)5-9(3-4-10)6-12-7-11-2/h4,6-8,10,13H,3,5H2,1-2H3,(H,11,12)/b9-6+,10-4?/t8-/m1/s1. The summed E-state index contributed by atoms with van der Waals surface area (Å²) in [7, 11) is 1.67. The Labute approximate surface area is 78.9 Å². The van der Waals surface area contributed by atoms with Gasteiger partial charge >= 0.3 is 0 Å². The molecule has 0 bridgehead atoms. The van der Waals surface area contributed by atoms with Crippen LogP contribution in [0.2, 0.25) is 0 Å². The van der Waals surface area contributed by atoms with Gasteiger partial charge < -0.3 is 15.8 Å². The van der Waals surface area contributed by atoms with Crippen LogP contribution in [0, 0.1) is 5.41 Å². The predicted molar refractivity (Wildman–Crippen MR) is 55.3 cm³/mol. The Kier molecular flexibility index (Phi) is 6.82. The van der Waals surface area contributed by atoms with E-state index < -0.39 is 0 Å². The molecule has 0 saturated carbocycles. The van der Waals surface area contributed by atoms with Gasteiger partial charge in [0.1, 0.15) is 0 Å². The summed E-state index contributed by atoms with van der Waals surface area (Å²) in [5, 5.41) is 18.9. The summed E-state index contributed by atoms with van der Waals surface area (Å²) in [5.41, 5.74) is 0.991. The highest BCUT2D eigenvalue weighted by molar-refractivity contribution is 5.59. The van der Waals surface area contributed by atoms with Gasteiger partial charge in [-0.2, -0.15) is 0 Å². The van der Waals surface area contributed by atoms with Crippen LogP contribution in [0.4, 0.5) is 0 Å². The molecule has 0 saturated heterocycles. The monoisotopic (exact) mass is 183 g/mol. The van der Waals surface area contributed by atoms with Gasteiger partial charge in [0.25, 0.3) is 0 Å². The van der Waals surface area contributed by atoms with Gasteiger partial charge in [0.2, 0.25) is 0 Å². The van der Waals surface area contributed by atoms with Crippen molar-refractivity contribution in [1.82, 2.24) is 5.32 Å². The van der Waals surface area contributed by atoms with E-state index in [1.54, 1.807) is 26.5 Å². The first-order valence-electron chi connectivity index (χ1n) is 4.22. The molecule has 0 aliphatic carbocycles. The van der Waals surface area contributed by atoms with Crippen molar-refractivity contribution in [2.24, 2.45) is 4.99 Å². The average Bonchev–Trinajstić information content (AvgIpc) is 2.04. The molecule has 0 aromatic heterocycles. The SMILES string of the molecule is CN=CN/C=C(\CC=N)C[C@@H](C)O. The van der Waals surface area contributed by atoms with E-state index in [4.69, 9.17) is 10.5 Å². The van der Waals surface area contributed by atoms with Gasteiger partial charge in [-0.3, -0.25) is 4.99 Å². The summed E-state index contributed by atoms with van der Waals surface area (Å²) in [6.45, 7) is 1.73. The lowest BCUT2D eigenvalue weighted by Crippen LogP contribution is -2.07. The Bertz CT molecular complexity index is 197. The van der Waals surface area contributed by atoms with E-state index >= 15 is 0 Å². The molecular formula is C9H17N3O. The highest BCUT2D eigenvalue weighted by atomic mass is 16.3. The summed E-state index contributed by atoms with van der Waals surface area (Å²) >= 11 is 0. The lowest BCUT2D eigenvalue weighted by molar-refractivity contribution is 0.195. The fourth-order valence-electron chi connectivity index (χ4n) is 0.941. The van der Waals surface area contributed by atoms with E-state index in [2.05, 4.69) is 10.3 Å². The highest BCUT2D eigenvalue weighted by Crippen LogP contribution is 2.06. The number of aliphatic hydroxyl groups is 1. The van der Waals surface area contributed by atoms with Crippen LogP contribution in [0.5, 0.6) is 0 Å². The molecule has 0 rings (SSSR count). The highest BCUT2D eigenvalue weighted by Gasteiger charge is 2.00. The number of aliphatic hydroxyl groups excluding tert-OH is 1. The molecule has 0 aromatic rings. The van der Waals surface area contributed by atoms with Crippen molar-refractivity contribution in [3.63, 3.8) is 0 Å². The van der Waals surface area contributed by atoms with Crippen molar-refractivity contribution in [2.45, 2.75) is 25.9 Å². The molecule has 4 heteroatoms. The zero-order valence-electron chi connectivity index (χ0n) is 8.12. The lowest BCUT2D eigenvalue weighted by Gasteiger charge is -2.06. The topological polar surface area (TPSA) is 68.5 Å². The van der Waals surface area contributed by atoms with Crippen LogP contribution in [-0.2, 0) is 0 Å². The fraction of sp³-hybridized carbons (Fsp3) is 0.556. The van der Waals surface area contributed by atoms with Gasteiger partial charge in [-0.25, -0.2) is 0 Å². The second-order valence-electron chi connectivity index (χ2n) is 2.82. The first-order valence-corrected chi connectivity index (χ1v) is 4.22. The molecule has 0 radical (unpaired) electrons. The maximum Gasteiger partial charge on any atom is 0.0859 e. The second kappa shape index (κ2) is 7.49. The van der Waals surface area contributed by atoms with Gasteiger partial charge in [-0.1, -0.05) is 0 Å². The summed E-state index contributed by atoms with van der Waals surface area (Å²) in [4.78, 5) is 3.75. The van der Waals surface area contributed by atoms with Crippen LogP contribution < -0.4 is 5.32 Å². The Morgan fingerprint density at radius 1 is 1.69 bits per heavy atom. The smallest absolute Gasteiger partial charge is 0.0859 e. The van der Waals surface area contributed by atoms with E-state index in [9.17, 15) is 0 Å². The van der Waals surface area contributed by atoms with Crippen molar-refractivity contribution in [1.29, 1.82) is 5.41 Å². The fourth-order valence-corrected chi connectivity index (χ4v) is 0.941. The minimum Gasteiger partial charge on any atom is -0.393 e. The molecule has 0 amide bonds. The normalized spacial score (nSPS) is 14.5. The molecule has 74 valence electrons. The van der Waals surface area contributed by atoms with Crippen molar-refractivity contribution in [3.8, 4) is 0 Å². The summed E-state index contributed by atoms with van der Waals surface area (Å²) in [5.74, 6) is 0. The number of hydrogen-bond donors (Lipinski definition) is 3. The minimum atomic E-state index is -0.369. The number of rotatable bonds is 6. The van der Waals surface area contributed by atoms with Crippen LogP contribution >= 0.6 is 0 Å². The molecular weight excluding hydrogens is 166 g/mol. The van der Waals surface area contributed by atoms with Gasteiger partial charge in [0, 0.05) is 19.7 Å². The van der Waals surface area contributed by atoms with E-state index in [0.29, 0.717) is 12.8 Å². The van der Waals surface area contributed by atoms with Crippen molar-refractivity contribution >= 4 is 12.6 Å². The quantitative estimate of drug-likeness (QED) is 0.423. The van der Waals surface area contributed by atoms with Crippen LogP contribution in [0.25, 0.3) is 0 Å². The summed E-state index contributed by atoms with van der Waals surface area (Å²) in [6.07, 6.45) is 5.43. The first-order chi connectivity index (χ1) is 6.20. The van der Waals surface area contributed by atoms with E-state index in [0.717, 1.165) is 5.57 Å². The lowest BCUT2D eigenvalue weighted by atomic mass is 10.1. The molecule has 1 atom stereocenters. The zero-order chi connectivity index (χ0) is 10.1. The minimum absolute atomic E-state index is 0.369. The number of nitrogens with one attached hydrogen (secondary N) is 2. The Balaban J connectivity index is 4.05. The molecule has 0 spiro atoms. The number of hydrogen-bond acceptors (Lipinski definition) is 3. The zero-order valence-corrected chi connectivity index (χ0v) is 8.12. The third-order valence-corrected chi connectivity index (χ3v) is 1.41. The largest absolute Gasteiger partial charge is 0.393 e. The molecule has 0 aliphatic heterocycles. The average molecular weight is 183 g/mol. The predicted octanol–water partition coefficient (Wildman–Crippen LogP) is 0.929. The molecule has 0 heterocycles. The first kappa shape index (κ1) is 11.8. The van der Waals surface area contributed by atoms with Gasteiger partial charge in [0.05, 0.1) is 12.4 Å². The Hall–Kier alpha value is -1.16. The number of nitrogens with zero attached hydrogens (tertiary/aromatic N) is 1. The summed E-state index contributed by atoms with van der Waals surface area (Å²) in [6, 6.07) is 0. The molecule has 4 nitrogen and oxygen atoms in total. The molecule has 0 aliphatic rings. The van der Waals surface area contributed by atoms with Gasteiger partial charge in [-0.05, 0) is 25.1 Å². The van der Waals surface area contributed by atoms with Crippen LogP contribution in [0.3, 0.4) is 0 Å². The maximum atomic E-state index is 9.13. The molecule has 13 heavy (non-hydrogen) atoms. The molecule has 0 unspecified atom stereocenters. The van der Waals surface area contributed by atoms with Gasteiger partial charge in [-0.15, -0.1) is 0 Å². The second-order valence-corrected chi connectivity index (χ2v) is 2.82. The summed E-state index contributed by atoms with van der Waals surface area (Å²) < 4.78 is 0. The maximum absolute atomic E-state index is 9.13. The Morgan fingerprint density at radius 2 is 2.38 bits per heavy atom. The van der Waals surface area contributed by atoms with E-state index in [1.807, 2.05) is 0 Å². The third kappa shape index (κ3) is 7.21. The van der Waals surface area contributed by atoms with E-state index in [-0.39, 0.29) is 6.10 Å². The molecule has 0 aromatic carbocycles. The molecule has 0 fully saturated rings. The van der Waals surface area contributed by atoms with Crippen molar-refractivity contribution < 1.29 is 5.11 Å². The number of aliphatic imine (C=N–C) groups is 1. The van der Waals surface area contributed by atoms with Crippen LogP contribution in [0.15, 0.2) is 16.8 Å². The van der Waals surface area contributed by atoms with Crippen LogP contribution in [-0.4, -0.2) is 30.8 Å². The molecule has 3 N–H and O–H groups in total. The van der Waals surface area contributed by atoms with Crippen molar-refractivity contribution in [3.05, 3.63) is 11.8 Å². The van der Waals surface area contributed by atoms with Crippen molar-refractivity contribution in [2.75, 3.05) is 7.05 Å². The third-order valence-electron chi connectivity index (χ3n) is 1.41.